The Morgan fingerprint density at radius 3 is 1.70 bits per heavy atom. The molecule has 0 aromatic heterocycles. The predicted molar refractivity (Wildman–Crippen MR) is 160 cm³/mol. The van der Waals surface area contributed by atoms with Crippen LogP contribution in [0, 0.1) is 0 Å². The highest BCUT2D eigenvalue weighted by atomic mass is 16.3. The average Bonchev–Trinajstić information content (AvgIpc) is 2.85. The van der Waals surface area contributed by atoms with Crippen molar-refractivity contribution >= 4 is 28.7 Å². The van der Waals surface area contributed by atoms with Gasteiger partial charge in [0.15, 0.2) is 0 Å². The summed E-state index contributed by atoms with van der Waals surface area (Å²) in [6.07, 6.45) is 2.13. The molecule has 0 fully saturated rings. The van der Waals surface area contributed by atoms with E-state index in [1.807, 2.05) is 12.1 Å². The minimum absolute atomic E-state index is 0.0283. The highest BCUT2D eigenvalue weighted by Gasteiger charge is 2.25. The number of anilines is 3. The Morgan fingerprint density at radius 2 is 1.19 bits per heavy atom. The number of nitrogens with zero attached hydrogens (tertiary/aromatic N) is 1. The molecule has 0 amide bonds. The van der Waals surface area contributed by atoms with Crippen molar-refractivity contribution in [3.63, 3.8) is 0 Å². The molecule has 0 bridgehead atoms. The molecule has 0 atom stereocenters. The van der Waals surface area contributed by atoms with E-state index in [9.17, 15) is 5.11 Å². The first-order chi connectivity index (χ1) is 17.5. The van der Waals surface area contributed by atoms with E-state index >= 15 is 0 Å². The van der Waals surface area contributed by atoms with Crippen molar-refractivity contribution in [1.29, 1.82) is 0 Å². The number of benzene rings is 4. The first-order valence-electron chi connectivity index (χ1n) is 13.0. The lowest BCUT2D eigenvalue weighted by atomic mass is 9.78. The average molecular weight is 490 g/mol. The van der Waals surface area contributed by atoms with Crippen LogP contribution < -0.4 is 4.90 Å². The highest BCUT2D eigenvalue weighted by molar-refractivity contribution is 5.91. The Hall–Kier alpha value is -3.78. The number of allylic oxidation sites excluding steroid dienone is 1. The second kappa shape index (κ2) is 10.3. The molecule has 190 valence electrons. The quantitative estimate of drug-likeness (QED) is 0.282. The zero-order chi connectivity index (χ0) is 26.8. The summed E-state index contributed by atoms with van der Waals surface area (Å²) in [5.41, 5.74) is 8.35. The van der Waals surface area contributed by atoms with Crippen LogP contribution >= 0.6 is 0 Å². The van der Waals surface area contributed by atoms with Crippen LogP contribution in [0.3, 0.4) is 0 Å². The van der Waals surface area contributed by atoms with Crippen LogP contribution in [0.5, 0.6) is 5.75 Å². The van der Waals surface area contributed by atoms with E-state index in [1.165, 1.54) is 5.56 Å². The van der Waals surface area contributed by atoms with Crippen molar-refractivity contribution in [3.8, 4) is 5.75 Å². The van der Waals surface area contributed by atoms with Crippen LogP contribution in [0.2, 0.25) is 0 Å². The summed E-state index contributed by atoms with van der Waals surface area (Å²) in [7, 11) is 0. The summed E-state index contributed by atoms with van der Waals surface area (Å²) in [5.74, 6) is 0.361. The van der Waals surface area contributed by atoms with Crippen LogP contribution in [-0.2, 0) is 10.8 Å². The van der Waals surface area contributed by atoms with Gasteiger partial charge in [-0.05, 0) is 71.4 Å². The summed E-state index contributed by atoms with van der Waals surface area (Å²) in [6, 6.07) is 33.7. The number of rotatable bonds is 5. The lowest BCUT2D eigenvalue weighted by Crippen LogP contribution is -2.17. The molecule has 0 radical (unpaired) electrons. The second-order valence-electron chi connectivity index (χ2n) is 11.8. The van der Waals surface area contributed by atoms with Crippen LogP contribution in [-0.4, -0.2) is 5.11 Å². The van der Waals surface area contributed by atoms with Crippen LogP contribution in [0.15, 0.2) is 97.1 Å². The van der Waals surface area contributed by atoms with Crippen LogP contribution in [0.25, 0.3) is 11.6 Å². The minimum Gasteiger partial charge on any atom is -0.507 e. The number of phenolic OH excluding ortho intramolecular Hbond substituents is 1. The van der Waals surface area contributed by atoms with E-state index in [0.717, 1.165) is 39.3 Å². The van der Waals surface area contributed by atoms with Gasteiger partial charge in [0.05, 0.1) is 5.69 Å². The van der Waals surface area contributed by atoms with Gasteiger partial charge in [0.1, 0.15) is 5.75 Å². The predicted octanol–water partition coefficient (Wildman–Crippen LogP) is 10.0. The number of phenols is 1. The molecule has 0 saturated heterocycles. The van der Waals surface area contributed by atoms with Crippen molar-refractivity contribution in [3.05, 3.63) is 119 Å². The van der Waals surface area contributed by atoms with E-state index in [4.69, 9.17) is 0 Å². The lowest BCUT2D eigenvalue weighted by Gasteiger charge is -2.28. The summed E-state index contributed by atoms with van der Waals surface area (Å²) in [5, 5.41) is 11.4. The van der Waals surface area contributed by atoms with E-state index in [2.05, 4.69) is 144 Å². The van der Waals surface area contributed by atoms with Gasteiger partial charge in [-0.2, -0.15) is 0 Å². The van der Waals surface area contributed by atoms with E-state index in [1.54, 1.807) is 0 Å². The topological polar surface area (TPSA) is 23.5 Å². The smallest absolute Gasteiger partial charge is 0.126 e. The summed E-state index contributed by atoms with van der Waals surface area (Å²) in [4.78, 5) is 2.29. The fraction of sp³-hybridized carbons (Fsp3) is 0.257. The Morgan fingerprint density at radius 1 is 0.676 bits per heavy atom. The Bertz CT molecular complexity index is 1350. The molecule has 4 aromatic rings. The molecule has 0 aliphatic rings. The van der Waals surface area contributed by atoms with Gasteiger partial charge in [-0.15, -0.1) is 0 Å². The number of para-hydroxylation sites is 3. The molecule has 0 aliphatic heterocycles. The molecule has 4 aromatic carbocycles. The molecule has 2 heteroatoms. The molecular weight excluding hydrogens is 450 g/mol. The van der Waals surface area contributed by atoms with Crippen LogP contribution in [0.4, 0.5) is 17.1 Å². The molecule has 0 saturated carbocycles. The van der Waals surface area contributed by atoms with Crippen molar-refractivity contribution in [2.45, 2.75) is 59.3 Å². The third kappa shape index (κ3) is 5.80. The van der Waals surface area contributed by atoms with Gasteiger partial charge < -0.3 is 10.0 Å². The largest absolute Gasteiger partial charge is 0.507 e. The summed E-state index contributed by atoms with van der Waals surface area (Å²) >= 11 is 0. The SMILES string of the molecule is C/C(=C\c1cc(C(C)(C)C)cc(C(C)(C)C)c1O)c1ccccc1N(c1ccccc1)c1ccccc1. The van der Waals surface area contributed by atoms with E-state index in [-0.39, 0.29) is 10.8 Å². The van der Waals surface area contributed by atoms with Gasteiger partial charge in [-0.3, -0.25) is 0 Å². The number of hydrogen-bond acceptors (Lipinski definition) is 2. The Kier molecular flexibility index (Phi) is 7.32. The van der Waals surface area contributed by atoms with Crippen molar-refractivity contribution in [1.82, 2.24) is 0 Å². The molecular formula is C35H39NO. The Labute approximate surface area is 222 Å². The minimum atomic E-state index is -0.169. The van der Waals surface area contributed by atoms with Gasteiger partial charge in [0, 0.05) is 28.1 Å². The van der Waals surface area contributed by atoms with E-state index in [0.29, 0.717) is 5.75 Å². The van der Waals surface area contributed by atoms with Crippen molar-refractivity contribution in [2.24, 2.45) is 0 Å². The molecule has 0 unspecified atom stereocenters. The van der Waals surface area contributed by atoms with Gasteiger partial charge >= 0.3 is 0 Å². The van der Waals surface area contributed by atoms with Crippen molar-refractivity contribution in [2.75, 3.05) is 4.90 Å². The second-order valence-corrected chi connectivity index (χ2v) is 11.8. The maximum atomic E-state index is 11.4. The fourth-order valence-electron chi connectivity index (χ4n) is 4.67. The van der Waals surface area contributed by atoms with Gasteiger partial charge in [0.2, 0.25) is 0 Å². The van der Waals surface area contributed by atoms with Crippen LogP contribution in [0.1, 0.15) is 70.7 Å². The van der Waals surface area contributed by atoms with E-state index < -0.39 is 0 Å². The highest BCUT2D eigenvalue weighted by Crippen LogP contribution is 2.42. The third-order valence-corrected chi connectivity index (χ3v) is 6.78. The standard InChI is InChI=1S/C35H39NO/c1-25(22-26-23-27(34(2,3)4)24-31(33(26)37)35(5,6)7)30-20-14-15-21-32(30)36(28-16-10-8-11-17-28)29-18-12-9-13-19-29/h8-24,37H,1-7H3/b25-22+. The molecule has 1 N–H and O–H groups in total. The molecule has 0 spiro atoms. The molecule has 4 rings (SSSR count). The number of hydrogen-bond donors (Lipinski definition) is 1. The Balaban J connectivity index is 1.91. The van der Waals surface area contributed by atoms with Gasteiger partial charge in [-0.1, -0.05) is 102 Å². The first kappa shape index (κ1) is 26.3. The molecule has 37 heavy (non-hydrogen) atoms. The fourth-order valence-corrected chi connectivity index (χ4v) is 4.67. The molecule has 2 nitrogen and oxygen atoms in total. The van der Waals surface area contributed by atoms with Crippen molar-refractivity contribution < 1.29 is 5.11 Å². The molecule has 0 heterocycles. The maximum Gasteiger partial charge on any atom is 0.126 e. The lowest BCUT2D eigenvalue weighted by molar-refractivity contribution is 0.443. The van der Waals surface area contributed by atoms with Gasteiger partial charge in [0.25, 0.3) is 0 Å². The van der Waals surface area contributed by atoms with Gasteiger partial charge in [-0.25, -0.2) is 0 Å². The summed E-state index contributed by atoms with van der Waals surface area (Å²) < 4.78 is 0. The maximum absolute atomic E-state index is 11.4. The summed E-state index contributed by atoms with van der Waals surface area (Å²) in [6.45, 7) is 15.3. The normalized spacial score (nSPS) is 12.5. The molecule has 0 aliphatic carbocycles. The monoisotopic (exact) mass is 489 g/mol. The zero-order valence-electron chi connectivity index (χ0n) is 23.2. The third-order valence-electron chi connectivity index (χ3n) is 6.78. The zero-order valence-corrected chi connectivity index (χ0v) is 23.2. The first-order valence-corrected chi connectivity index (χ1v) is 13.0. The number of aromatic hydroxyl groups is 1.